The van der Waals surface area contributed by atoms with Crippen LogP contribution in [0.5, 0.6) is 0 Å². The molecule has 4 rings (SSSR count). The lowest BCUT2D eigenvalue weighted by Gasteiger charge is -2.05. The molecule has 0 bridgehead atoms. The monoisotopic (exact) mass is 373 g/mol. The highest BCUT2D eigenvalue weighted by Crippen LogP contribution is 2.28. The van der Waals surface area contributed by atoms with Crippen molar-refractivity contribution < 1.29 is 8.94 Å². The van der Waals surface area contributed by atoms with Crippen molar-refractivity contribution in [2.24, 2.45) is 0 Å². The van der Waals surface area contributed by atoms with Crippen molar-refractivity contribution in [2.75, 3.05) is 0 Å². The van der Waals surface area contributed by atoms with E-state index in [2.05, 4.69) is 31.8 Å². The molecule has 0 saturated heterocycles. The molecule has 0 spiro atoms. The molecule has 4 heterocycles. The van der Waals surface area contributed by atoms with Crippen LogP contribution in [0.15, 0.2) is 43.3 Å². The van der Waals surface area contributed by atoms with Gasteiger partial charge in [-0.3, -0.25) is 0 Å². The van der Waals surface area contributed by atoms with Gasteiger partial charge in [0.05, 0.1) is 23.1 Å². The lowest BCUT2D eigenvalue weighted by atomic mass is 10.2. The Hall–Kier alpha value is -2.39. The first-order valence-corrected chi connectivity index (χ1v) is 9.64. The van der Waals surface area contributed by atoms with Gasteiger partial charge in [-0.25, -0.2) is 0 Å². The van der Waals surface area contributed by atoms with Gasteiger partial charge in [0.15, 0.2) is 16.8 Å². The number of aryl methyl sites for hydroxylation is 1. The van der Waals surface area contributed by atoms with Crippen molar-refractivity contribution >= 4 is 23.1 Å². The van der Waals surface area contributed by atoms with E-state index >= 15 is 0 Å². The summed E-state index contributed by atoms with van der Waals surface area (Å²) in [5, 5.41) is 17.4. The summed E-state index contributed by atoms with van der Waals surface area (Å²) < 4.78 is 12.7. The predicted molar refractivity (Wildman–Crippen MR) is 95.3 cm³/mol. The largest absolute Gasteiger partial charge is 0.469 e. The summed E-state index contributed by atoms with van der Waals surface area (Å²) in [6.07, 6.45) is 1.66. The third kappa shape index (κ3) is 3.12. The zero-order valence-electron chi connectivity index (χ0n) is 13.7. The first-order valence-electron chi connectivity index (χ1n) is 7.72. The zero-order valence-corrected chi connectivity index (χ0v) is 15.3. The normalized spacial score (nSPS) is 11.3. The van der Waals surface area contributed by atoms with Gasteiger partial charge < -0.3 is 13.5 Å². The average Bonchev–Trinajstić information content (AvgIpc) is 3.38. The maximum atomic E-state index is 5.38. The second kappa shape index (κ2) is 6.85. The van der Waals surface area contributed by atoms with Crippen LogP contribution in [0.2, 0.25) is 0 Å². The van der Waals surface area contributed by atoms with Crippen LogP contribution >= 0.6 is 23.1 Å². The molecule has 0 saturated carbocycles. The lowest BCUT2D eigenvalue weighted by molar-refractivity contribution is 0.425. The van der Waals surface area contributed by atoms with Crippen molar-refractivity contribution in [1.29, 1.82) is 0 Å². The predicted octanol–water partition coefficient (Wildman–Crippen LogP) is 4.27. The van der Waals surface area contributed by atoms with E-state index in [0.717, 1.165) is 34.4 Å². The zero-order chi connectivity index (χ0) is 17.2. The number of hydrogen-bond donors (Lipinski definition) is 0. The number of furan rings is 1. The first-order chi connectivity index (χ1) is 12.3. The van der Waals surface area contributed by atoms with E-state index < -0.39 is 0 Å². The summed E-state index contributed by atoms with van der Waals surface area (Å²) in [6, 6.07) is 3.87. The fourth-order valence-corrected chi connectivity index (χ4v) is 3.92. The van der Waals surface area contributed by atoms with Crippen molar-refractivity contribution in [3.63, 3.8) is 0 Å². The number of rotatable bonds is 6. The van der Waals surface area contributed by atoms with Crippen molar-refractivity contribution in [2.45, 2.75) is 31.3 Å². The highest BCUT2D eigenvalue weighted by Gasteiger charge is 2.17. The first kappa shape index (κ1) is 16.1. The molecule has 7 nitrogen and oxygen atoms in total. The van der Waals surface area contributed by atoms with E-state index in [0.29, 0.717) is 17.5 Å². The topological polar surface area (TPSA) is 82.8 Å². The molecular formula is C16H15N5O2S2. The molecule has 4 aromatic rings. The minimum absolute atomic E-state index is 0.545. The Bertz CT molecular complexity index is 971. The van der Waals surface area contributed by atoms with Crippen LogP contribution in [0, 0.1) is 6.92 Å². The van der Waals surface area contributed by atoms with Crippen LogP contribution < -0.4 is 0 Å². The molecular weight excluding hydrogens is 358 g/mol. The SMILES string of the molecule is CCn1c(SCc2noc(-c3ccsc3)n2)nnc1-c1ccoc1C. The number of thiophene rings is 1. The molecule has 9 heteroatoms. The van der Waals surface area contributed by atoms with E-state index in [1.165, 1.54) is 11.8 Å². The average molecular weight is 373 g/mol. The van der Waals surface area contributed by atoms with Gasteiger partial charge in [0.1, 0.15) is 5.76 Å². The summed E-state index contributed by atoms with van der Waals surface area (Å²) in [4.78, 5) is 4.43. The van der Waals surface area contributed by atoms with Gasteiger partial charge >= 0.3 is 0 Å². The number of thioether (sulfide) groups is 1. The molecule has 0 aromatic carbocycles. The Morgan fingerprint density at radius 1 is 1.28 bits per heavy atom. The van der Waals surface area contributed by atoms with Gasteiger partial charge in [0.25, 0.3) is 5.89 Å². The molecule has 0 fully saturated rings. The third-order valence-corrected chi connectivity index (χ3v) is 5.35. The summed E-state index contributed by atoms with van der Waals surface area (Å²) in [7, 11) is 0. The molecule has 4 aromatic heterocycles. The third-order valence-electron chi connectivity index (χ3n) is 3.70. The smallest absolute Gasteiger partial charge is 0.258 e. The van der Waals surface area contributed by atoms with E-state index in [9.17, 15) is 0 Å². The molecule has 0 atom stereocenters. The second-order valence-corrected chi connectivity index (χ2v) is 6.98. The molecule has 0 N–H and O–H groups in total. The number of aromatic nitrogens is 5. The fraction of sp³-hybridized carbons (Fsp3) is 0.250. The van der Waals surface area contributed by atoms with Crippen molar-refractivity contribution in [3.05, 3.63) is 40.7 Å². The number of nitrogens with zero attached hydrogens (tertiary/aromatic N) is 5. The van der Waals surface area contributed by atoms with Crippen LogP contribution in [0.1, 0.15) is 18.5 Å². The summed E-state index contributed by atoms with van der Waals surface area (Å²) in [5.41, 5.74) is 1.91. The highest BCUT2D eigenvalue weighted by atomic mass is 32.2. The molecule has 0 amide bonds. The molecule has 0 aliphatic carbocycles. The van der Waals surface area contributed by atoms with Crippen LogP contribution in [0.3, 0.4) is 0 Å². The Morgan fingerprint density at radius 3 is 2.92 bits per heavy atom. The molecule has 0 aliphatic heterocycles. The quantitative estimate of drug-likeness (QED) is 0.467. The standard InChI is InChI=1S/C16H15N5O2S2/c1-3-21-14(12-4-6-22-10(12)2)18-19-16(21)25-9-13-17-15(23-20-13)11-5-7-24-8-11/h4-8H,3,9H2,1-2H3. The van der Waals surface area contributed by atoms with Crippen LogP contribution in [0.25, 0.3) is 22.8 Å². The Morgan fingerprint density at radius 2 is 2.20 bits per heavy atom. The van der Waals surface area contributed by atoms with E-state index in [4.69, 9.17) is 8.94 Å². The van der Waals surface area contributed by atoms with Gasteiger partial charge in [-0.1, -0.05) is 16.9 Å². The van der Waals surface area contributed by atoms with E-state index in [1.807, 2.05) is 29.8 Å². The van der Waals surface area contributed by atoms with Gasteiger partial charge in [-0.05, 0) is 31.4 Å². The molecule has 0 radical (unpaired) electrons. The van der Waals surface area contributed by atoms with Gasteiger partial charge in [0, 0.05) is 11.9 Å². The maximum absolute atomic E-state index is 5.38. The Labute approximate surface area is 152 Å². The highest BCUT2D eigenvalue weighted by molar-refractivity contribution is 7.98. The van der Waals surface area contributed by atoms with Gasteiger partial charge in [-0.2, -0.15) is 16.3 Å². The van der Waals surface area contributed by atoms with Gasteiger partial charge in [-0.15, -0.1) is 10.2 Å². The van der Waals surface area contributed by atoms with Crippen LogP contribution in [-0.2, 0) is 12.3 Å². The molecule has 25 heavy (non-hydrogen) atoms. The van der Waals surface area contributed by atoms with Crippen molar-refractivity contribution in [1.82, 2.24) is 24.9 Å². The maximum Gasteiger partial charge on any atom is 0.258 e. The summed E-state index contributed by atoms with van der Waals surface area (Å²) in [6.45, 7) is 4.75. The summed E-state index contributed by atoms with van der Waals surface area (Å²) in [5.74, 6) is 3.39. The molecule has 0 unspecified atom stereocenters. The lowest BCUT2D eigenvalue weighted by Crippen LogP contribution is -2.00. The Kier molecular flexibility index (Phi) is 4.41. The fourth-order valence-electron chi connectivity index (χ4n) is 2.44. The van der Waals surface area contributed by atoms with E-state index in [-0.39, 0.29) is 0 Å². The van der Waals surface area contributed by atoms with E-state index in [1.54, 1.807) is 17.6 Å². The van der Waals surface area contributed by atoms with Crippen LogP contribution in [-0.4, -0.2) is 24.9 Å². The van der Waals surface area contributed by atoms with Gasteiger partial charge in [0.2, 0.25) is 0 Å². The van der Waals surface area contributed by atoms with Crippen LogP contribution in [0.4, 0.5) is 0 Å². The van der Waals surface area contributed by atoms with Crippen molar-refractivity contribution in [3.8, 4) is 22.8 Å². The molecule has 128 valence electrons. The molecule has 0 aliphatic rings. The minimum atomic E-state index is 0.545. The summed E-state index contributed by atoms with van der Waals surface area (Å²) >= 11 is 3.13. The second-order valence-electron chi connectivity index (χ2n) is 5.26. The minimum Gasteiger partial charge on any atom is -0.469 e. The Balaban J connectivity index is 1.52. The number of hydrogen-bond acceptors (Lipinski definition) is 8.